The van der Waals surface area contributed by atoms with E-state index < -0.39 is 5.60 Å². The molecule has 0 spiro atoms. The maximum atomic E-state index is 11.6. The van der Waals surface area contributed by atoms with E-state index in [1.165, 1.54) is 0 Å². The van der Waals surface area contributed by atoms with E-state index in [1.807, 2.05) is 20.8 Å². The summed E-state index contributed by atoms with van der Waals surface area (Å²) in [5.41, 5.74) is -0.399. The Morgan fingerprint density at radius 3 is 2.64 bits per heavy atom. The summed E-state index contributed by atoms with van der Waals surface area (Å²) in [4.78, 5) is 13.3. The predicted molar refractivity (Wildman–Crippen MR) is 59.1 cm³/mol. The second kappa shape index (κ2) is 4.45. The van der Waals surface area contributed by atoms with Gasteiger partial charge in [0.1, 0.15) is 5.60 Å². The van der Waals surface area contributed by atoms with Gasteiger partial charge in [0.2, 0.25) is 0 Å². The van der Waals surface area contributed by atoms with E-state index in [1.54, 1.807) is 4.90 Å². The summed E-state index contributed by atoms with van der Waals surface area (Å²) in [5.74, 6) is 0. The zero-order valence-corrected chi connectivity index (χ0v) is 10.2. The van der Waals surface area contributed by atoms with Crippen molar-refractivity contribution in [3.05, 3.63) is 0 Å². The number of carbonyl (C=O) groups excluding carboxylic acids is 1. The Bertz CT molecular complexity index is 215. The molecule has 0 aromatic rings. The van der Waals surface area contributed by atoms with Crippen molar-refractivity contribution in [2.24, 2.45) is 0 Å². The Hall–Kier alpha value is -0.340. The van der Waals surface area contributed by atoms with Crippen LogP contribution in [0.2, 0.25) is 0 Å². The third-order valence-corrected chi connectivity index (χ3v) is 2.55. The Balaban J connectivity index is 2.40. The molecule has 0 aromatic heterocycles. The van der Waals surface area contributed by atoms with Gasteiger partial charge in [-0.15, -0.1) is 0 Å². The average Bonchev–Trinajstić information content (AvgIpc) is 2.48. The summed E-state index contributed by atoms with van der Waals surface area (Å²) in [6.45, 7) is 7.16. The molecule has 1 rings (SSSR count). The van der Waals surface area contributed by atoms with Gasteiger partial charge in [0.25, 0.3) is 0 Å². The van der Waals surface area contributed by atoms with E-state index >= 15 is 0 Å². The van der Waals surface area contributed by atoms with Gasteiger partial charge in [-0.1, -0.05) is 9.39 Å². The van der Waals surface area contributed by atoms with Crippen LogP contribution in [0.5, 0.6) is 0 Å². The zero-order valence-electron chi connectivity index (χ0n) is 9.04. The zero-order chi connectivity index (χ0) is 10.8. The van der Waals surface area contributed by atoms with Crippen molar-refractivity contribution in [3.63, 3.8) is 0 Å². The summed E-state index contributed by atoms with van der Waals surface area (Å²) in [6.07, 6.45) is 0.781. The second-order valence-corrected chi connectivity index (χ2v) is 4.91. The molecule has 14 heavy (non-hydrogen) atoms. The standard InChI is InChI=1S/C9H19N2O2P/c1-9(2,3)13-8(12)11-5-4-7(6-11)10-14/h7,10H,4-6,14H2,1-3H3/t7-/m1/s1. The maximum absolute atomic E-state index is 11.6. The van der Waals surface area contributed by atoms with Crippen LogP contribution in [0.1, 0.15) is 27.2 Å². The van der Waals surface area contributed by atoms with E-state index in [-0.39, 0.29) is 6.09 Å². The van der Waals surface area contributed by atoms with Gasteiger partial charge in [-0.3, -0.25) is 5.09 Å². The van der Waals surface area contributed by atoms with Crippen molar-refractivity contribution in [3.8, 4) is 0 Å². The Kier molecular flexibility index (Phi) is 3.73. The highest BCUT2D eigenvalue weighted by molar-refractivity contribution is 7.13. The van der Waals surface area contributed by atoms with Crippen molar-refractivity contribution in [2.45, 2.75) is 38.8 Å². The molecular weight excluding hydrogens is 199 g/mol. The van der Waals surface area contributed by atoms with Crippen LogP contribution in [0.4, 0.5) is 4.79 Å². The highest BCUT2D eigenvalue weighted by Crippen LogP contribution is 2.15. The smallest absolute Gasteiger partial charge is 0.410 e. The molecule has 4 nitrogen and oxygen atoms in total. The van der Waals surface area contributed by atoms with Gasteiger partial charge in [-0.25, -0.2) is 4.79 Å². The lowest BCUT2D eigenvalue weighted by molar-refractivity contribution is 0.0292. The fourth-order valence-electron chi connectivity index (χ4n) is 1.39. The monoisotopic (exact) mass is 218 g/mol. The second-order valence-electron chi connectivity index (χ2n) is 4.58. The lowest BCUT2D eigenvalue weighted by atomic mass is 10.2. The van der Waals surface area contributed by atoms with Crippen molar-refractivity contribution in [1.29, 1.82) is 0 Å². The Morgan fingerprint density at radius 1 is 1.57 bits per heavy atom. The summed E-state index contributed by atoms with van der Waals surface area (Å²) < 4.78 is 5.27. The average molecular weight is 218 g/mol. The van der Waals surface area contributed by atoms with Gasteiger partial charge in [0.05, 0.1) is 0 Å². The molecule has 0 aliphatic carbocycles. The number of likely N-dealkylation sites (tertiary alicyclic amines) is 1. The molecule has 1 amide bonds. The molecular formula is C9H19N2O2P. The number of amides is 1. The topological polar surface area (TPSA) is 41.6 Å². The third-order valence-electron chi connectivity index (χ3n) is 2.08. The normalized spacial score (nSPS) is 22.6. The minimum Gasteiger partial charge on any atom is -0.444 e. The molecule has 82 valence electrons. The van der Waals surface area contributed by atoms with Crippen molar-refractivity contribution < 1.29 is 9.53 Å². The van der Waals surface area contributed by atoms with Crippen LogP contribution < -0.4 is 5.09 Å². The maximum Gasteiger partial charge on any atom is 0.410 e. The van der Waals surface area contributed by atoms with Crippen LogP contribution in [0, 0.1) is 0 Å². The van der Waals surface area contributed by atoms with Crippen molar-refractivity contribution in [1.82, 2.24) is 9.99 Å². The van der Waals surface area contributed by atoms with Crippen LogP contribution in [0.3, 0.4) is 0 Å². The molecule has 1 aliphatic heterocycles. The van der Waals surface area contributed by atoms with Crippen molar-refractivity contribution >= 4 is 15.5 Å². The first-order chi connectivity index (χ1) is 6.42. The van der Waals surface area contributed by atoms with E-state index in [0.29, 0.717) is 6.04 Å². The molecule has 1 saturated heterocycles. The number of nitrogens with one attached hydrogen (secondary N) is 1. The van der Waals surface area contributed by atoms with Crippen molar-refractivity contribution in [2.75, 3.05) is 13.1 Å². The summed E-state index contributed by atoms with van der Waals surface area (Å²) in [5, 5.41) is 3.08. The molecule has 1 N–H and O–H groups in total. The highest BCUT2D eigenvalue weighted by atomic mass is 31.0. The first-order valence-electron chi connectivity index (χ1n) is 4.86. The molecule has 1 fully saturated rings. The van der Waals surface area contributed by atoms with E-state index in [4.69, 9.17) is 4.74 Å². The number of ether oxygens (including phenoxy) is 1. The molecule has 1 aliphatic rings. The molecule has 0 bridgehead atoms. The Morgan fingerprint density at radius 2 is 2.21 bits per heavy atom. The number of rotatable bonds is 1. The van der Waals surface area contributed by atoms with E-state index in [2.05, 4.69) is 14.5 Å². The lowest BCUT2D eigenvalue weighted by Crippen LogP contribution is -2.36. The van der Waals surface area contributed by atoms with E-state index in [9.17, 15) is 4.79 Å². The van der Waals surface area contributed by atoms with Gasteiger partial charge in [0, 0.05) is 19.1 Å². The van der Waals surface area contributed by atoms with Gasteiger partial charge < -0.3 is 9.64 Å². The molecule has 2 atom stereocenters. The number of nitrogens with zero attached hydrogens (tertiary/aromatic N) is 1. The van der Waals surface area contributed by atoms with Crippen LogP contribution in [-0.4, -0.2) is 35.7 Å². The Labute approximate surface area is 87.6 Å². The van der Waals surface area contributed by atoms with Gasteiger partial charge >= 0.3 is 6.09 Å². The van der Waals surface area contributed by atoms with Gasteiger partial charge in [-0.2, -0.15) is 0 Å². The third kappa shape index (κ3) is 3.43. The lowest BCUT2D eigenvalue weighted by Gasteiger charge is -2.24. The highest BCUT2D eigenvalue weighted by Gasteiger charge is 2.28. The SMILES string of the molecule is CC(C)(C)OC(=O)N1CC[C@@H](NP)C1. The minimum atomic E-state index is -0.399. The molecule has 0 saturated carbocycles. The number of hydrogen-bond donors (Lipinski definition) is 1. The summed E-state index contributed by atoms with van der Waals surface area (Å²) in [7, 11) is 2.48. The van der Waals surface area contributed by atoms with Crippen LogP contribution >= 0.6 is 9.39 Å². The molecule has 5 heteroatoms. The quantitative estimate of drug-likeness (QED) is 0.676. The van der Waals surface area contributed by atoms with Crippen LogP contribution in [0.15, 0.2) is 0 Å². The van der Waals surface area contributed by atoms with Crippen LogP contribution in [-0.2, 0) is 4.74 Å². The summed E-state index contributed by atoms with van der Waals surface area (Å²) in [6, 6.07) is 0.382. The molecule has 1 heterocycles. The summed E-state index contributed by atoms with van der Waals surface area (Å²) >= 11 is 0. The fourth-order valence-corrected chi connectivity index (χ4v) is 1.66. The first kappa shape index (κ1) is 11.7. The van der Waals surface area contributed by atoms with Gasteiger partial charge in [0.15, 0.2) is 0 Å². The molecule has 0 radical (unpaired) electrons. The molecule has 1 unspecified atom stereocenters. The minimum absolute atomic E-state index is 0.208. The van der Waals surface area contributed by atoms with E-state index in [0.717, 1.165) is 19.5 Å². The number of carbonyl (C=O) groups is 1. The fraction of sp³-hybridized carbons (Fsp3) is 0.889. The first-order valence-corrected chi connectivity index (χ1v) is 5.44. The number of hydrogen-bond acceptors (Lipinski definition) is 3. The largest absolute Gasteiger partial charge is 0.444 e. The van der Waals surface area contributed by atoms with Gasteiger partial charge in [-0.05, 0) is 27.2 Å². The predicted octanol–water partition coefficient (Wildman–Crippen LogP) is 1.38. The molecule has 0 aromatic carbocycles. The van der Waals surface area contributed by atoms with Crippen LogP contribution in [0.25, 0.3) is 0 Å².